The first-order valence-corrected chi connectivity index (χ1v) is 8.18. The molecule has 3 aromatic rings. The van der Waals surface area contributed by atoms with Gasteiger partial charge in [-0.15, -0.1) is 0 Å². The number of amides is 1. The molecule has 0 unspecified atom stereocenters. The van der Waals surface area contributed by atoms with Crippen molar-refractivity contribution in [1.29, 1.82) is 0 Å². The van der Waals surface area contributed by atoms with Crippen LogP contribution in [0.25, 0.3) is 11.3 Å². The van der Waals surface area contributed by atoms with E-state index in [2.05, 4.69) is 12.2 Å². The van der Waals surface area contributed by atoms with E-state index < -0.39 is 0 Å². The second kappa shape index (κ2) is 7.03. The summed E-state index contributed by atoms with van der Waals surface area (Å²) in [5, 5.41) is 3.19. The molecule has 0 radical (unpaired) electrons. The number of methoxy groups -OCH3 is 1. The van der Waals surface area contributed by atoms with Crippen LogP contribution in [-0.4, -0.2) is 13.0 Å². The number of nitrogens with one attached hydrogen (secondary N) is 1. The second-order valence-electron chi connectivity index (χ2n) is 5.77. The summed E-state index contributed by atoms with van der Waals surface area (Å²) in [6, 6.07) is 14.5. The van der Waals surface area contributed by atoms with Crippen LogP contribution in [0.2, 0.25) is 5.02 Å². The largest absolute Gasteiger partial charge is 0.495 e. The Kier molecular flexibility index (Phi) is 4.81. The number of carbonyl (C=O) groups is 1. The first-order valence-electron chi connectivity index (χ1n) is 7.80. The molecule has 2 aromatic carbocycles. The molecule has 3 rings (SSSR count). The molecule has 0 saturated carbocycles. The second-order valence-corrected chi connectivity index (χ2v) is 6.17. The van der Waals surface area contributed by atoms with Crippen molar-refractivity contribution < 1.29 is 13.9 Å². The summed E-state index contributed by atoms with van der Waals surface area (Å²) in [4.78, 5) is 12.4. The summed E-state index contributed by atoms with van der Waals surface area (Å²) >= 11 is 6.07. The fourth-order valence-corrected chi connectivity index (χ4v) is 2.70. The lowest BCUT2D eigenvalue weighted by molar-refractivity contribution is 0.0997. The van der Waals surface area contributed by atoms with E-state index in [1.54, 1.807) is 30.3 Å². The van der Waals surface area contributed by atoms with Crippen LogP contribution in [0.5, 0.6) is 5.75 Å². The summed E-state index contributed by atoms with van der Waals surface area (Å²) < 4.78 is 10.8. The topological polar surface area (TPSA) is 51.5 Å². The highest BCUT2D eigenvalue weighted by atomic mass is 35.5. The van der Waals surface area contributed by atoms with Crippen LogP contribution in [0.3, 0.4) is 0 Å². The van der Waals surface area contributed by atoms with Crippen LogP contribution >= 0.6 is 11.6 Å². The van der Waals surface area contributed by atoms with Crippen molar-refractivity contribution in [3.8, 4) is 17.1 Å². The van der Waals surface area contributed by atoms with Gasteiger partial charge in [0, 0.05) is 11.3 Å². The molecule has 0 spiro atoms. The zero-order valence-corrected chi connectivity index (χ0v) is 15.0. The minimum absolute atomic E-state index is 0.236. The zero-order valence-electron chi connectivity index (χ0n) is 14.2. The van der Waals surface area contributed by atoms with Gasteiger partial charge in [0.1, 0.15) is 11.5 Å². The molecule has 1 heterocycles. The number of furan rings is 1. The van der Waals surface area contributed by atoms with Gasteiger partial charge in [-0.25, -0.2) is 0 Å². The van der Waals surface area contributed by atoms with E-state index in [9.17, 15) is 4.79 Å². The number of halogens is 1. The van der Waals surface area contributed by atoms with E-state index in [0.717, 1.165) is 5.56 Å². The van der Waals surface area contributed by atoms with Crippen molar-refractivity contribution in [3.63, 3.8) is 0 Å². The number of benzene rings is 2. The molecule has 0 aliphatic rings. The lowest BCUT2D eigenvalue weighted by Gasteiger charge is -2.07. The molecule has 128 valence electrons. The van der Waals surface area contributed by atoms with Gasteiger partial charge in [-0.1, -0.05) is 23.7 Å². The lowest BCUT2D eigenvalue weighted by atomic mass is 10.1. The van der Waals surface area contributed by atoms with Crippen molar-refractivity contribution in [1.82, 2.24) is 0 Å². The molecule has 1 amide bonds. The third-order valence-corrected chi connectivity index (χ3v) is 4.33. The highest BCUT2D eigenvalue weighted by molar-refractivity contribution is 6.32. The van der Waals surface area contributed by atoms with Crippen LogP contribution in [-0.2, 0) is 0 Å². The maximum absolute atomic E-state index is 12.4. The highest BCUT2D eigenvalue weighted by Gasteiger charge is 2.13. The minimum atomic E-state index is -0.337. The summed E-state index contributed by atoms with van der Waals surface area (Å²) in [6.45, 7) is 4.10. The van der Waals surface area contributed by atoms with Crippen LogP contribution in [0.1, 0.15) is 21.7 Å². The first-order chi connectivity index (χ1) is 12.0. The van der Waals surface area contributed by atoms with Gasteiger partial charge in [-0.3, -0.25) is 4.79 Å². The Balaban J connectivity index is 1.78. The number of anilines is 1. The molecular weight excluding hydrogens is 338 g/mol. The summed E-state index contributed by atoms with van der Waals surface area (Å²) in [6.07, 6.45) is 0. The number of aryl methyl sites for hydroxylation is 2. The number of rotatable bonds is 4. The number of carbonyl (C=O) groups excluding carboxylic acids is 1. The van der Waals surface area contributed by atoms with E-state index in [1.807, 2.05) is 25.1 Å². The molecule has 1 N–H and O–H groups in total. The van der Waals surface area contributed by atoms with Crippen molar-refractivity contribution in [3.05, 3.63) is 70.4 Å². The third-order valence-electron chi connectivity index (χ3n) is 4.03. The van der Waals surface area contributed by atoms with E-state index in [4.69, 9.17) is 20.8 Å². The maximum atomic E-state index is 12.4. The molecule has 5 heteroatoms. The van der Waals surface area contributed by atoms with E-state index >= 15 is 0 Å². The first kappa shape index (κ1) is 17.1. The Labute approximate surface area is 151 Å². The van der Waals surface area contributed by atoms with Gasteiger partial charge in [-0.2, -0.15) is 0 Å². The molecule has 1 aromatic heterocycles. The van der Waals surface area contributed by atoms with Gasteiger partial charge in [0.25, 0.3) is 5.91 Å². The number of hydrogen-bond acceptors (Lipinski definition) is 3. The Hall–Kier alpha value is -2.72. The van der Waals surface area contributed by atoms with Crippen LogP contribution < -0.4 is 10.1 Å². The quantitative estimate of drug-likeness (QED) is 0.674. The Morgan fingerprint density at radius 3 is 2.52 bits per heavy atom. The third kappa shape index (κ3) is 3.69. The monoisotopic (exact) mass is 355 g/mol. The average Bonchev–Trinajstić information content (AvgIpc) is 3.08. The van der Waals surface area contributed by atoms with Gasteiger partial charge in [-0.05, 0) is 61.4 Å². The Morgan fingerprint density at radius 1 is 1.04 bits per heavy atom. The fourth-order valence-electron chi connectivity index (χ4n) is 2.45. The number of hydrogen-bond donors (Lipinski definition) is 1. The van der Waals surface area contributed by atoms with Gasteiger partial charge in [0.2, 0.25) is 0 Å². The van der Waals surface area contributed by atoms with Gasteiger partial charge in [0.15, 0.2) is 5.76 Å². The van der Waals surface area contributed by atoms with Crippen LogP contribution in [0.4, 0.5) is 5.69 Å². The predicted molar refractivity (Wildman–Crippen MR) is 99.6 cm³/mol. The van der Waals surface area contributed by atoms with Crippen molar-refractivity contribution in [2.75, 3.05) is 12.4 Å². The molecule has 0 saturated heterocycles. The fraction of sp³-hybridized carbons (Fsp3) is 0.150. The van der Waals surface area contributed by atoms with Gasteiger partial charge in [0.05, 0.1) is 12.1 Å². The summed E-state index contributed by atoms with van der Waals surface area (Å²) in [7, 11) is 1.54. The average molecular weight is 356 g/mol. The van der Waals surface area contributed by atoms with E-state index in [1.165, 1.54) is 18.2 Å². The van der Waals surface area contributed by atoms with Crippen molar-refractivity contribution >= 4 is 23.2 Å². The Morgan fingerprint density at radius 2 is 1.84 bits per heavy atom. The lowest BCUT2D eigenvalue weighted by Crippen LogP contribution is -2.10. The van der Waals surface area contributed by atoms with Gasteiger partial charge >= 0.3 is 0 Å². The Bertz CT molecular complexity index is 930. The molecular formula is C20H18ClNO3. The zero-order chi connectivity index (χ0) is 18.0. The normalized spacial score (nSPS) is 10.6. The van der Waals surface area contributed by atoms with E-state index in [-0.39, 0.29) is 11.7 Å². The van der Waals surface area contributed by atoms with Crippen molar-refractivity contribution in [2.45, 2.75) is 13.8 Å². The minimum Gasteiger partial charge on any atom is -0.495 e. The molecule has 0 bridgehead atoms. The van der Waals surface area contributed by atoms with Crippen LogP contribution in [0, 0.1) is 13.8 Å². The van der Waals surface area contributed by atoms with Gasteiger partial charge < -0.3 is 14.5 Å². The molecule has 0 aliphatic heterocycles. The summed E-state index contributed by atoms with van der Waals surface area (Å²) in [5.41, 5.74) is 3.90. The predicted octanol–water partition coefficient (Wildman–Crippen LogP) is 5.48. The molecule has 0 aliphatic carbocycles. The van der Waals surface area contributed by atoms with Crippen LogP contribution in [0.15, 0.2) is 52.9 Å². The molecule has 25 heavy (non-hydrogen) atoms. The smallest absolute Gasteiger partial charge is 0.291 e. The summed E-state index contributed by atoms with van der Waals surface area (Å²) in [5.74, 6) is 1.10. The maximum Gasteiger partial charge on any atom is 0.291 e. The molecule has 0 fully saturated rings. The molecule has 0 atom stereocenters. The standard InChI is InChI=1S/C20H18ClNO3/c1-12-4-5-14(10-13(12)2)17-8-9-19(25-17)20(23)22-15-6-7-18(24-3)16(21)11-15/h4-11H,1-3H3,(H,22,23). The van der Waals surface area contributed by atoms with E-state index in [0.29, 0.717) is 22.2 Å². The number of ether oxygens (including phenoxy) is 1. The molecule has 4 nitrogen and oxygen atoms in total. The highest BCUT2D eigenvalue weighted by Crippen LogP contribution is 2.28. The SMILES string of the molecule is COc1ccc(NC(=O)c2ccc(-c3ccc(C)c(C)c3)o2)cc1Cl. The van der Waals surface area contributed by atoms with Crippen molar-refractivity contribution in [2.24, 2.45) is 0 Å².